The zero-order chi connectivity index (χ0) is 21.0. The van der Waals surface area contributed by atoms with E-state index < -0.39 is 0 Å². The minimum absolute atomic E-state index is 0.0637. The summed E-state index contributed by atoms with van der Waals surface area (Å²) in [6.07, 6.45) is 2.67. The molecule has 0 aromatic heterocycles. The smallest absolute Gasteiger partial charge is 0.266 e. The van der Waals surface area contributed by atoms with Gasteiger partial charge in [0.2, 0.25) is 0 Å². The van der Waals surface area contributed by atoms with Gasteiger partial charge in [-0.3, -0.25) is 9.69 Å². The monoisotopic (exact) mass is 494 g/mol. The molecule has 0 saturated carbocycles. The molecule has 1 heterocycles. The van der Waals surface area contributed by atoms with Crippen LogP contribution in [0.25, 0.3) is 6.08 Å². The fraction of sp³-hybridized carbons (Fsp3) is 0.238. The molecule has 1 saturated heterocycles. The summed E-state index contributed by atoms with van der Waals surface area (Å²) >= 11 is 10.9. The van der Waals surface area contributed by atoms with Gasteiger partial charge >= 0.3 is 0 Å². The summed E-state index contributed by atoms with van der Waals surface area (Å²) in [5, 5.41) is 1.30. The first-order chi connectivity index (χ1) is 14.0. The average molecular weight is 496 g/mol. The molecule has 1 fully saturated rings. The summed E-state index contributed by atoms with van der Waals surface area (Å²) in [4.78, 5) is 20.0. The lowest BCUT2D eigenvalue weighted by Gasteiger charge is -2.14. The minimum Gasteiger partial charge on any atom is -0.493 e. The molecule has 2 aromatic carbocycles. The van der Waals surface area contributed by atoms with Crippen LogP contribution in [-0.4, -0.2) is 36.7 Å². The largest absolute Gasteiger partial charge is 0.493 e. The van der Waals surface area contributed by atoms with Gasteiger partial charge in [-0.1, -0.05) is 34.5 Å². The number of hydrogen-bond donors (Lipinski definition) is 0. The molecule has 8 heteroatoms. The highest BCUT2D eigenvalue weighted by Gasteiger charge is 2.33. The lowest BCUT2D eigenvalue weighted by molar-refractivity contribution is -0.122. The molecule has 0 radical (unpaired) electrons. The number of amidine groups is 1. The maximum atomic E-state index is 13.0. The first kappa shape index (κ1) is 21.7. The summed E-state index contributed by atoms with van der Waals surface area (Å²) in [6.45, 7) is 2.63. The van der Waals surface area contributed by atoms with Crippen LogP contribution in [0.1, 0.15) is 18.9 Å². The van der Waals surface area contributed by atoms with E-state index in [2.05, 4.69) is 20.9 Å². The standard InChI is InChI=1S/C21H20BrClN2O3S/c1-4-9-25-20(26)19(29-21(25)24-15-7-5-14(23)6-8-15)11-13-10-17(27-2)18(28-3)12-16(13)22/h5-8,10-12H,4,9H2,1-3H3/b19-11-,24-21?. The Morgan fingerprint density at radius 2 is 1.83 bits per heavy atom. The quantitative estimate of drug-likeness (QED) is 0.452. The maximum absolute atomic E-state index is 13.0. The number of ether oxygens (including phenoxy) is 2. The predicted molar refractivity (Wildman–Crippen MR) is 123 cm³/mol. The lowest BCUT2D eigenvalue weighted by atomic mass is 10.2. The molecule has 152 valence electrons. The topological polar surface area (TPSA) is 51.1 Å². The SMILES string of the molecule is CCCN1C(=O)/C(=C/c2cc(OC)c(OC)cc2Br)SC1=Nc1ccc(Cl)cc1. The first-order valence-corrected chi connectivity index (χ1v) is 10.9. The number of carbonyl (C=O) groups excluding carboxylic acids is 1. The molecule has 0 spiro atoms. The Morgan fingerprint density at radius 1 is 1.17 bits per heavy atom. The fourth-order valence-electron chi connectivity index (χ4n) is 2.76. The average Bonchev–Trinajstić information content (AvgIpc) is 3.00. The number of benzene rings is 2. The number of nitrogens with zero attached hydrogens (tertiary/aromatic N) is 2. The second-order valence-corrected chi connectivity index (χ2v) is 8.47. The Bertz CT molecular complexity index is 977. The molecule has 0 N–H and O–H groups in total. The highest BCUT2D eigenvalue weighted by Crippen LogP contribution is 2.38. The zero-order valence-corrected chi connectivity index (χ0v) is 19.4. The van der Waals surface area contributed by atoms with Crippen LogP contribution in [0.15, 0.2) is 50.8 Å². The van der Waals surface area contributed by atoms with Crippen molar-refractivity contribution in [2.75, 3.05) is 20.8 Å². The van der Waals surface area contributed by atoms with Crippen LogP contribution >= 0.6 is 39.3 Å². The Morgan fingerprint density at radius 3 is 2.45 bits per heavy atom. The van der Waals surface area contributed by atoms with Gasteiger partial charge in [-0.15, -0.1) is 0 Å². The first-order valence-electron chi connectivity index (χ1n) is 8.94. The third-order valence-corrected chi connectivity index (χ3v) is 6.12. The van der Waals surface area contributed by atoms with Crippen LogP contribution in [-0.2, 0) is 4.79 Å². The molecule has 0 atom stereocenters. The Labute approximate surface area is 187 Å². The second-order valence-electron chi connectivity index (χ2n) is 6.17. The van der Waals surface area contributed by atoms with Crippen LogP contribution in [0, 0.1) is 0 Å². The number of hydrogen-bond acceptors (Lipinski definition) is 5. The summed E-state index contributed by atoms with van der Waals surface area (Å²) < 4.78 is 11.5. The number of halogens is 2. The molecule has 2 aromatic rings. The molecule has 0 unspecified atom stereocenters. The predicted octanol–water partition coefficient (Wildman–Crippen LogP) is 6.13. The summed E-state index contributed by atoms with van der Waals surface area (Å²) in [5.74, 6) is 1.15. The van der Waals surface area contributed by atoms with Gasteiger partial charge in [-0.05, 0) is 66.2 Å². The molecule has 29 heavy (non-hydrogen) atoms. The highest BCUT2D eigenvalue weighted by molar-refractivity contribution is 9.10. The third kappa shape index (κ3) is 4.97. The molecule has 1 amide bonds. The summed E-state index contributed by atoms with van der Waals surface area (Å²) in [6, 6.07) is 10.9. The number of thioether (sulfide) groups is 1. The number of methoxy groups -OCH3 is 2. The van der Waals surface area contributed by atoms with Gasteiger partial charge in [0, 0.05) is 16.0 Å². The van der Waals surface area contributed by atoms with E-state index in [9.17, 15) is 4.79 Å². The molecule has 5 nitrogen and oxygen atoms in total. The molecular weight excluding hydrogens is 476 g/mol. The van der Waals surface area contributed by atoms with Crippen LogP contribution < -0.4 is 9.47 Å². The number of amides is 1. The number of carbonyl (C=O) groups is 1. The molecule has 3 rings (SSSR count). The van der Waals surface area contributed by atoms with Crippen molar-refractivity contribution in [2.24, 2.45) is 4.99 Å². The molecule has 1 aliphatic rings. The van der Waals surface area contributed by atoms with Crippen LogP contribution in [0.5, 0.6) is 11.5 Å². The van der Waals surface area contributed by atoms with E-state index >= 15 is 0 Å². The molecular formula is C21H20BrClN2O3S. The zero-order valence-electron chi connectivity index (χ0n) is 16.2. The van der Waals surface area contributed by atoms with Gasteiger partial charge in [-0.25, -0.2) is 4.99 Å². The Kier molecular flexibility index (Phi) is 7.27. The summed E-state index contributed by atoms with van der Waals surface area (Å²) in [7, 11) is 3.17. The van der Waals surface area contributed by atoms with Gasteiger partial charge in [0.05, 0.1) is 24.8 Å². The second kappa shape index (κ2) is 9.69. The highest BCUT2D eigenvalue weighted by atomic mass is 79.9. The van der Waals surface area contributed by atoms with E-state index in [1.54, 1.807) is 31.3 Å². The van der Waals surface area contributed by atoms with Crippen molar-refractivity contribution in [1.29, 1.82) is 0 Å². The van der Waals surface area contributed by atoms with Crippen LogP contribution in [0.4, 0.5) is 5.69 Å². The molecule has 0 aliphatic carbocycles. The number of rotatable bonds is 6. The summed E-state index contributed by atoms with van der Waals surface area (Å²) in [5.41, 5.74) is 1.57. The van der Waals surface area contributed by atoms with E-state index in [-0.39, 0.29) is 5.91 Å². The maximum Gasteiger partial charge on any atom is 0.266 e. The number of aliphatic imine (C=N–C) groups is 1. The van der Waals surface area contributed by atoms with Gasteiger partial charge in [0.1, 0.15) is 0 Å². The van der Waals surface area contributed by atoms with E-state index in [0.717, 1.165) is 22.1 Å². The van der Waals surface area contributed by atoms with Crippen LogP contribution in [0.3, 0.4) is 0 Å². The third-order valence-electron chi connectivity index (χ3n) is 4.18. The van der Waals surface area contributed by atoms with Crippen molar-refractivity contribution in [3.63, 3.8) is 0 Å². The van der Waals surface area contributed by atoms with E-state index in [1.165, 1.54) is 11.8 Å². The van der Waals surface area contributed by atoms with Crippen molar-refractivity contribution in [3.05, 3.63) is 56.4 Å². The van der Waals surface area contributed by atoms with Gasteiger partial charge in [0.25, 0.3) is 5.91 Å². The Hall–Kier alpha value is -1.96. The Balaban J connectivity index is 1.98. The lowest BCUT2D eigenvalue weighted by Crippen LogP contribution is -2.29. The van der Waals surface area contributed by atoms with Gasteiger partial charge < -0.3 is 9.47 Å². The fourth-order valence-corrected chi connectivity index (χ4v) is 4.34. The molecule has 0 bridgehead atoms. The normalized spacial score (nSPS) is 16.7. The minimum atomic E-state index is -0.0637. The van der Waals surface area contributed by atoms with E-state index in [4.69, 9.17) is 21.1 Å². The van der Waals surface area contributed by atoms with Crippen molar-refractivity contribution in [3.8, 4) is 11.5 Å². The van der Waals surface area contributed by atoms with E-state index in [1.807, 2.05) is 37.3 Å². The van der Waals surface area contributed by atoms with Gasteiger partial charge in [-0.2, -0.15) is 0 Å². The van der Waals surface area contributed by atoms with Crippen molar-refractivity contribution >= 4 is 62.1 Å². The van der Waals surface area contributed by atoms with Crippen molar-refractivity contribution < 1.29 is 14.3 Å². The van der Waals surface area contributed by atoms with Crippen molar-refractivity contribution in [2.45, 2.75) is 13.3 Å². The van der Waals surface area contributed by atoms with E-state index in [0.29, 0.717) is 33.1 Å². The van der Waals surface area contributed by atoms with Crippen LogP contribution in [0.2, 0.25) is 5.02 Å². The van der Waals surface area contributed by atoms with Crippen molar-refractivity contribution in [1.82, 2.24) is 4.90 Å². The van der Waals surface area contributed by atoms with Gasteiger partial charge in [0.15, 0.2) is 16.7 Å². The molecule has 1 aliphatic heterocycles.